The summed E-state index contributed by atoms with van der Waals surface area (Å²) < 4.78 is 0. The zero-order valence-corrected chi connectivity index (χ0v) is 17.4. The molecule has 0 saturated heterocycles. The molecule has 0 aromatic heterocycles. The molecule has 2 aromatic rings. The van der Waals surface area contributed by atoms with Gasteiger partial charge in [0.2, 0.25) is 0 Å². The Labute approximate surface area is 165 Å². The largest absolute Gasteiger partial charge is 0.385 e. The van der Waals surface area contributed by atoms with Gasteiger partial charge in [-0.2, -0.15) is 0 Å². The zero-order chi connectivity index (χ0) is 18.9. The van der Waals surface area contributed by atoms with Crippen molar-refractivity contribution in [1.29, 1.82) is 0 Å². The Balaban J connectivity index is 1.61. The van der Waals surface area contributed by atoms with Crippen LogP contribution >= 0.6 is 0 Å². The number of para-hydroxylation sites is 1. The molecule has 0 saturated carbocycles. The van der Waals surface area contributed by atoms with Crippen molar-refractivity contribution < 1.29 is 0 Å². The zero-order valence-electron chi connectivity index (χ0n) is 17.4. The van der Waals surface area contributed by atoms with Crippen molar-refractivity contribution >= 4 is 5.69 Å². The van der Waals surface area contributed by atoms with E-state index in [1.54, 1.807) is 16.7 Å². The highest BCUT2D eigenvalue weighted by Crippen LogP contribution is 2.46. The Morgan fingerprint density at radius 3 is 2.81 bits per heavy atom. The summed E-state index contributed by atoms with van der Waals surface area (Å²) in [7, 11) is 0. The van der Waals surface area contributed by atoms with Crippen molar-refractivity contribution in [2.24, 2.45) is 5.92 Å². The van der Waals surface area contributed by atoms with E-state index in [1.165, 1.54) is 56.2 Å². The van der Waals surface area contributed by atoms with Gasteiger partial charge in [0.1, 0.15) is 0 Å². The molecule has 3 unspecified atom stereocenters. The molecule has 0 bridgehead atoms. The van der Waals surface area contributed by atoms with Crippen molar-refractivity contribution in [3.05, 3.63) is 64.7 Å². The normalized spacial score (nSPS) is 25.2. The first-order valence-corrected chi connectivity index (χ1v) is 11.1. The van der Waals surface area contributed by atoms with Crippen molar-refractivity contribution in [2.45, 2.75) is 77.0 Å². The topological polar surface area (TPSA) is 12.0 Å². The molecule has 1 N–H and O–H groups in total. The monoisotopic (exact) mass is 361 g/mol. The Morgan fingerprint density at radius 2 is 2.00 bits per heavy atom. The van der Waals surface area contributed by atoms with Crippen LogP contribution in [-0.2, 0) is 18.3 Å². The predicted molar refractivity (Wildman–Crippen MR) is 117 cm³/mol. The molecule has 1 aliphatic heterocycles. The second kappa shape index (κ2) is 7.70. The van der Waals surface area contributed by atoms with Crippen LogP contribution in [0.25, 0.3) is 0 Å². The Morgan fingerprint density at radius 1 is 1.15 bits per heavy atom. The summed E-state index contributed by atoms with van der Waals surface area (Å²) in [6.07, 6.45) is 8.95. The van der Waals surface area contributed by atoms with E-state index < -0.39 is 0 Å². The third kappa shape index (κ3) is 3.30. The first kappa shape index (κ1) is 18.6. The second-order valence-corrected chi connectivity index (χ2v) is 8.87. The minimum Gasteiger partial charge on any atom is -0.385 e. The average Bonchev–Trinajstić information content (AvgIpc) is 2.72. The van der Waals surface area contributed by atoms with Gasteiger partial charge in [0.25, 0.3) is 0 Å². The summed E-state index contributed by atoms with van der Waals surface area (Å²) in [4.78, 5) is 0. The van der Waals surface area contributed by atoms with Gasteiger partial charge in [0.15, 0.2) is 0 Å². The quantitative estimate of drug-likeness (QED) is 0.613. The highest BCUT2D eigenvalue weighted by Gasteiger charge is 2.39. The maximum atomic E-state index is 3.62. The van der Waals surface area contributed by atoms with E-state index in [4.69, 9.17) is 0 Å². The van der Waals surface area contributed by atoms with Gasteiger partial charge in [-0.15, -0.1) is 0 Å². The second-order valence-electron chi connectivity index (χ2n) is 8.87. The molecular formula is C26H35N. The Kier molecular flexibility index (Phi) is 5.30. The van der Waals surface area contributed by atoms with Crippen LogP contribution in [0.5, 0.6) is 0 Å². The van der Waals surface area contributed by atoms with Crippen LogP contribution in [0.3, 0.4) is 0 Å². The molecule has 1 aliphatic carbocycles. The standard InChI is InChI=1S/C26H35N/c1-4-21-9-8-10-22-18-20(13-14-23(21)22)17-19(3)26(5-2)15-16-27-25-12-7-6-11-24(25)26/h6-7,11-14,18-19,21,27H,4-5,8-10,15-17H2,1-3H3. The summed E-state index contributed by atoms with van der Waals surface area (Å²) in [5, 5.41) is 3.62. The lowest BCUT2D eigenvalue weighted by Crippen LogP contribution is -2.40. The summed E-state index contributed by atoms with van der Waals surface area (Å²) in [5.41, 5.74) is 8.00. The van der Waals surface area contributed by atoms with Gasteiger partial charge < -0.3 is 5.32 Å². The SMILES string of the molecule is CCC1CCCc2cc(CC(C)C3(CC)CCNc4ccccc43)ccc21. The minimum atomic E-state index is 0.295. The van der Waals surface area contributed by atoms with Crippen LogP contribution in [0, 0.1) is 5.92 Å². The summed E-state index contributed by atoms with van der Waals surface area (Å²) in [6, 6.07) is 16.4. The fourth-order valence-corrected chi connectivity index (χ4v) is 5.92. The lowest BCUT2D eigenvalue weighted by atomic mass is 9.63. The fourth-order valence-electron chi connectivity index (χ4n) is 5.92. The molecule has 4 rings (SSSR count). The van der Waals surface area contributed by atoms with E-state index in [2.05, 4.69) is 68.6 Å². The van der Waals surface area contributed by atoms with Gasteiger partial charge in [0, 0.05) is 17.6 Å². The van der Waals surface area contributed by atoms with E-state index in [-0.39, 0.29) is 0 Å². The smallest absolute Gasteiger partial charge is 0.0378 e. The molecule has 1 heterocycles. The number of hydrogen-bond acceptors (Lipinski definition) is 1. The predicted octanol–water partition coefficient (Wildman–Crippen LogP) is 6.86. The van der Waals surface area contributed by atoms with Crippen LogP contribution in [0.4, 0.5) is 5.69 Å². The van der Waals surface area contributed by atoms with Gasteiger partial charge in [-0.1, -0.05) is 57.2 Å². The van der Waals surface area contributed by atoms with E-state index >= 15 is 0 Å². The Hall–Kier alpha value is -1.76. The molecule has 0 spiro atoms. The first-order chi connectivity index (χ1) is 13.2. The summed E-state index contributed by atoms with van der Waals surface area (Å²) in [6.45, 7) is 8.31. The third-order valence-electron chi connectivity index (χ3n) is 7.60. The van der Waals surface area contributed by atoms with E-state index in [0.717, 1.165) is 12.5 Å². The molecule has 3 atom stereocenters. The molecule has 0 amide bonds. The number of anilines is 1. The number of fused-ring (bicyclic) bond motifs is 2. The maximum Gasteiger partial charge on any atom is 0.0378 e. The summed E-state index contributed by atoms with van der Waals surface area (Å²) in [5.74, 6) is 1.44. The molecule has 2 aromatic carbocycles. The van der Waals surface area contributed by atoms with Crippen molar-refractivity contribution in [3.8, 4) is 0 Å². The molecule has 144 valence electrons. The minimum absolute atomic E-state index is 0.295. The van der Waals surface area contributed by atoms with Crippen LogP contribution in [-0.4, -0.2) is 6.54 Å². The van der Waals surface area contributed by atoms with E-state index in [1.807, 2.05) is 0 Å². The van der Waals surface area contributed by atoms with Crippen LogP contribution in [0.15, 0.2) is 42.5 Å². The van der Waals surface area contributed by atoms with Gasteiger partial charge in [-0.05, 0) is 85.1 Å². The van der Waals surface area contributed by atoms with Gasteiger partial charge >= 0.3 is 0 Å². The number of benzene rings is 2. The maximum absolute atomic E-state index is 3.62. The highest BCUT2D eigenvalue weighted by molar-refractivity contribution is 5.57. The first-order valence-electron chi connectivity index (χ1n) is 11.1. The number of aryl methyl sites for hydroxylation is 1. The van der Waals surface area contributed by atoms with E-state index in [9.17, 15) is 0 Å². The molecular weight excluding hydrogens is 326 g/mol. The third-order valence-corrected chi connectivity index (χ3v) is 7.60. The molecule has 27 heavy (non-hydrogen) atoms. The lowest BCUT2D eigenvalue weighted by Gasteiger charge is -2.44. The van der Waals surface area contributed by atoms with E-state index in [0.29, 0.717) is 11.3 Å². The lowest BCUT2D eigenvalue weighted by molar-refractivity contribution is 0.254. The fraction of sp³-hybridized carbons (Fsp3) is 0.538. The summed E-state index contributed by atoms with van der Waals surface area (Å²) >= 11 is 0. The number of hydrogen-bond donors (Lipinski definition) is 1. The van der Waals surface area contributed by atoms with Crippen LogP contribution in [0.1, 0.15) is 81.0 Å². The molecule has 2 aliphatic rings. The van der Waals surface area contributed by atoms with Crippen molar-refractivity contribution in [1.82, 2.24) is 0 Å². The van der Waals surface area contributed by atoms with Gasteiger partial charge in [0.05, 0.1) is 0 Å². The number of rotatable bonds is 5. The molecule has 0 fully saturated rings. The van der Waals surface area contributed by atoms with Crippen LogP contribution in [0.2, 0.25) is 0 Å². The Bertz CT molecular complexity index is 793. The van der Waals surface area contributed by atoms with Gasteiger partial charge in [-0.3, -0.25) is 0 Å². The highest BCUT2D eigenvalue weighted by atomic mass is 14.9. The van der Waals surface area contributed by atoms with Crippen LogP contribution < -0.4 is 5.32 Å². The average molecular weight is 362 g/mol. The number of nitrogens with one attached hydrogen (secondary N) is 1. The van der Waals surface area contributed by atoms with Gasteiger partial charge in [-0.25, -0.2) is 0 Å². The van der Waals surface area contributed by atoms with Crippen molar-refractivity contribution in [3.63, 3.8) is 0 Å². The molecule has 1 heteroatoms. The molecule has 0 radical (unpaired) electrons. The van der Waals surface area contributed by atoms with Crippen molar-refractivity contribution in [2.75, 3.05) is 11.9 Å². The molecule has 1 nitrogen and oxygen atoms in total.